The van der Waals surface area contributed by atoms with E-state index in [9.17, 15) is 14.4 Å². The van der Waals surface area contributed by atoms with Crippen LogP contribution >= 0.6 is 0 Å². The summed E-state index contributed by atoms with van der Waals surface area (Å²) in [7, 11) is 2.84. The maximum atomic E-state index is 12.7. The highest BCUT2D eigenvalue weighted by Gasteiger charge is 2.39. The summed E-state index contributed by atoms with van der Waals surface area (Å²) >= 11 is 0. The highest BCUT2D eigenvalue weighted by molar-refractivity contribution is 5.98. The molecule has 10 heteroatoms. The Balaban J connectivity index is 2.66. The predicted octanol–water partition coefficient (Wildman–Crippen LogP) is 0.395. The molecule has 0 spiro atoms. The summed E-state index contributed by atoms with van der Waals surface area (Å²) in [6.07, 6.45) is 1.32. The second-order valence-electron chi connectivity index (χ2n) is 5.64. The second-order valence-corrected chi connectivity index (χ2v) is 5.64. The zero-order valence-corrected chi connectivity index (χ0v) is 15.3. The lowest BCUT2D eigenvalue weighted by molar-refractivity contribution is -0.146. The highest BCUT2D eigenvalue weighted by Crippen LogP contribution is 2.29. The van der Waals surface area contributed by atoms with E-state index < -0.39 is 23.0 Å². The molecule has 1 aromatic rings. The summed E-state index contributed by atoms with van der Waals surface area (Å²) in [6, 6.07) is 0.0333. The van der Waals surface area contributed by atoms with Crippen molar-refractivity contribution in [1.82, 2.24) is 9.55 Å². The Morgan fingerprint density at radius 2 is 1.92 bits per heavy atom. The Morgan fingerprint density at radius 3 is 2.50 bits per heavy atom. The zero-order chi connectivity index (χ0) is 19.5. The molecule has 0 aromatic carbocycles. The number of hydrogen-bond donors (Lipinski definition) is 2. The van der Waals surface area contributed by atoms with Crippen LogP contribution in [-0.2, 0) is 26.1 Å². The number of esters is 2. The summed E-state index contributed by atoms with van der Waals surface area (Å²) in [5.74, 6) is -1.31. The van der Waals surface area contributed by atoms with Crippen molar-refractivity contribution in [3.8, 4) is 6.01 Å². The third-order valence-corrected chi connectivity index (χ3v) is 3.70. The second kappa shape index (κ2) is 7.46. The fraction of sp³-hybridized carbons (Fsp3) is 0.500. The van der Waals surface area contributed by atoms with E-state index in [0.717, 1.165) is 0 Å². The van der Waals surface area contributed by atoms with Crippen molar-refractivity contribution in [1.29, 1.82) is 0 Å². The van der Waals surface area contributed by atoms with Crippen LogP contribution in [0.2, 0.25) is 0 Å². The molecule has 2 N–H and O–H groups in total. The average molecular weight is 366 g/mol. The number of hydrogen-bond acceptors (Lipinski definition) is 9. The van der Waals surface area contributed by atoms with Gasteiger partial charge in [-0.25, -0.2) is 9.59 Å². The number of methoxy groups -OCH3 is 1. The molecule has 0 aliphatic carbocycles. The molecule has 0 saturated carbocycles. The van der Waals surface area contributed by atoms with E-state index in [1.54, 1.807) is 13.8 Å². The summed E-state index contributed by atoms with van der Waals surface area (Å²) in [5, 5.41) is 5.59. The Bertz CT molecular complexity index is 816. The smallest absolute Gasteiger partial charge is 0.354 e. The van der Waals surface area contributed by atoms with Gasteiger partial charge in [0.15, 0.2) is 11.4 Å². The van der Waals surface area contributed by atoms with E-state index >= 15 is 0 Å². The first kappa shape index (κ1) is 19.3. The number of nitrogens with one attached hydrogen (secondary N) is 2. The van der Waals surface area contributed by atoms with Gasteiger partial charge in [0.1, 0.15) is 11.4 Å². The molecule has 0 unspecified atom stereocenters. The van der Waals surface area contributed by atoms with Crippen LogP contribution < -0.4 is 20.9 Å². The van der Waals surface area contributed by atoms with Gasteiger partial charge in [0, 0.05) is 7.05 Å². The van der Waals surface area contributed by atoms with Gasteiger partial charge in [-0.1, -0.05) is 0 Å². The maximum absolute atomic E-state index is 12.7. The number of aromatic nitrogens is 2. The summed E-state index contributed by atoms with van der Waals surface area (Å²) < 4.78 is 16.3. The summed E-state index contributed by atoms with van der Waals surface area (Å²) in [6.45, 7) is 5.08. The minimum Gasteiger partial charge on any atom is -0.468 e. The number of ether oxygens (including phenoxy) is 3. The number of carbonyl (C=O) groups excluding carboxylic acids is 2. The predicted molar refractivity (Wildman–Crippen MR) is 93.0 cm³/mol. The van der Waals surface area contributed by atoms with Gasteiger partial charge >= 0.3 is 17.9 Å². The van der Waals surface area contributed by atoms with Crippen LogP contribution in [0.25, 0.3) is 0 Å². The Morgan fingerprint density at radius 1 is 1.27 bits per heavy atom. The van der Waals surface area contributed by atoms with Crippen LogP contribution in [0.15, 0.2) is 16.6 Å². The van der Waals surface area contributed by atoms with Crippen LogP contribution in [0, 0.1) is 0 Å². The van der Waals surface area contributed by atoms with E-state index in [4.69, 9.17) is 14.2 Å². The summed E-state index contributed by atoms with van der Waals surface area (Å²) in [4.78, 5) is 41.6. The molecule has 1 aromatic heterocycles. The van der Waals surface area contributed by atoms with Gasteiger partial charge in [0.25, 0.3) is 5.56 Å². The minimum absolute atomic E-state index is 0.000554. The molecule has 0 radical (unpaired) electrons. The van der Waals surface area contributed by atoms with Crippen molar-refractivity contribution < 1.29 is 23.8 Å². The zero-order valence-electron chi connectivity index (χ0n) is 15.3. The first-order valence-corrected chi connectivity index (χ1v) is 8.04. The molecule has 0 fully saturated rings. The SMILES string of the molecule is CCOC(=O)C1=C[C@@](C)(C(=O)OCC)Nc2c(nc(OC)n(C)c2=O)N1. The van der Waals surface area contributed by atoms with Crippen molar-refractivity contribution >= 4 is 23.4 Å². The maximum Gasteiger partial charge on any atom is 0.354 e. The standard InChI is InChI=1S/C16H22N4O6/c1-6-25-13(22)9-8-16(3,14(23)26-7-2)19-10-11(17-9)18-15(24-5)20(4)12(10)21/h8,17,19H,6-7H2,1-5H3/t16-/m0/s1. The number of carbonyl (C=O) groups is 2. The molecular formula is C16H22N4O6. The van der Waals surface area contributed by atoms with Crippen molar-refractivity contribution in [2.75, 3.05) is 31.0 Å². The Kier molecular flexibility index (Phi) is 5.53. The largest absolute Gasteiger partial charge is 0.468 e. The molecule has 1 aliphatic rings. The average Bonchev–Trinajstić information content (AvgIpc) is 2.76. The van der Waals surface area contributed by atoms with E-state index in [1.807, 2.05) is 0 Å². The normalized spacial score (nSPS) is 18.4. The monoisotopic (exact) mass is 366 g/mol. The van der Waals surface area contributed by atoms with Gasteiger partial charge in [-0.3, -0.25) is 9.36 Å². The van der Waals surface area contributed by atoms with Gasteiger partial charge in [0.05, 0.1) is 20.3 Å². The van der Waals surface area contributed by atoms with E-state index in [2.05, 4.69) is 15.6 Å². The molecular weight excluding hydrogens is 344 g/mol. The molecule has 0 amide bonds. The van der Waals surface area contributed by atoms with Gasteiger partial charge in [-0.05, 0) is 26.8 Å². The number of fused-ring (bicyclic) bond motifs is 1. The molecule has 0 bridgehead atoms. The van der Waals surface area contributed by atoms with Crippen molar-refractivity contribution in [3.05, 3.63) is 22.1 Å². The van der Waals surface area contributed by atoms with Crippen LogP contribution in [0.3, 0.4) is 0 Å². The molecule has 2 heterocycles. The third-order valence-electron chi connectivity index (χ3n) is 3.70. The molecule has 26 heavy (non-hydrogen) atoms. The minimum atomic E-state index is -1.49. The third kappa shape index (κ3) is 3.48. The van der Waals surface area contributed by atoms with Crippen LogP contribution in [0.1, 0.15) is 20.8 Å². The van der Waals surface area contributed by atoms with Gasteiger partial charge in [-0.15, -0.1) is 0 Å². The van der Waals surface area contributed by atoms with Gasteiger partial charge < -0.3 is 24.8 Å². The molecule has 0 saturated heterocycles. The van der Waals surface area contributed by atoms with Crippen LogP contribution in [0.5, 0.6) is 6.01 Å². The first-order valence-electron chi connectivity index (χ1n) is 8.04. The van der Waals surface area contributed by atoms with Crippen molar-refractivity contribution in [3.63, 3.8) is 0 Å². The molecule has 142 valence electrons. The lowest BCUT2D eigenvalue weighted by atomic mass is 10.0. The van der Waals surface area contributed by atoms with Crippen molar-refractivity contribution in [2.24, 2.45) is 7.05 Å². The highest BCUT2D eigenvalue weighted by atomic mass is 16.5. The molecule has 10 nitrogen and oxygen atoms in total. The van der Waals surface area contributed by atoms with Crippen molar-refractivity contribution in [2.45, 2.75) is 26.3 Å². The molecule has 1 aliphatic heterocycles. The Hall–Kier alpha value is -3.04. The van der Waals surface area contributed by atoms with E-state index in [1.165, 1.54) is 31.7 Å². The fourth-order valence-corrected chi connectivity index (χ4v) is 2.43. The topological polar surface area (TPSA) is 121 Å². The van der Waals surface area contributed by atoms with Gasteiger partial charge in [-0.2, -0.15) is 4.98 Å². The van der Waals surface area contributed by atoms with Crippen LogP contribution in [0.4, 0.5) is 11.5 Å². The molecule has 1 atom stereocenters. The van der Waals surface area contributed by atoms with Gasteiger partial charge in [0.2, 0.25) is 0 Å². The quantitative estimate of drug-likeness (QED) is 0.713. The first-order chi connectivity index (χ1) is 12.3. The lowest BCUT2D eigenvalue weighted by Gasteiger charge is -2.25. The van der Waals surface area contributed by atoms with E-state index in [0.29, 0.717) is 0 Å². The number of nitrogens with zero attached hydrogens (tertiary/aromatic N) is 2. The molecule has 2 rings (SSSR count). The fourth-order valence-electron chi connectivity index (χ4n) is 2.43. The number of rotatable bonds is 5. The summed E-state index contributed by atoms with van der Waals surface area (Å²) in [5.41, 5.74) is -2.03. The van der Waals surface area contributed by atoms with E-state index in [-0.39, 0.29) is 36.4 Å². The number of anilines is 2. The lowest BCUT2D eigenvalue weighted by Crippen LogP contribution is -2.44. The van der Waals surface area contributed by atoms with Crippen LogP contribution in [-0.4, -0.2) is 47.4 Å². The Labute approximate surface area is 150 Å².